The predicted octanol–water partition coefficient (Wildman–Crippen LogP) is 5.49. The van der Waals surface area contributed by atoms with Gasteiger partial charge in [-0.1, -0.05) is 17.7 Å². The van der Waals surface area contributed by atoms with Gasteiger partial charge in [0.15, 0.2) is 5.69 Å². The molecular weight excluding hydrogens is 581 g/mol. The molecule has 0 saturated heterocycles. The summed E-state index contributed by atoms with van der Waals surface area (Å²) in [5, 5.41) is 11.9. The van der Waals surface area contributed by atoms with Gasteiger partial charge < -0.3 is 19.5 Å². The minimum Gasteiger partial charge on any atom is -0.487 e. The Bertz CT molecular complexity index is 1560. The molecule has 214 valence electrons. The van der Waals surface area contributed by atoms with Crippen LogP contribution in [0.1, 0.15) is 32.1 Å². The summed E-state index contributed by atoms with van der Waals surface area (Å²) in [4.78, 5) is 32.4. The maximum absolute atomic E-state index is 13.7. The second-order valence-electron chi connectivity index (χ2n) is 8.15. The number of benzene rings is 2. The van der Waals surface area contributed by atoms with Crippen molar-refractivity contribution in [2.24, 2.45) is 0 Å². The number of alkyl halides is 5. The topological polar surface area (TPSA) is 120 Å². The number of halogens is 6. The summed E-state index contributed by atoms with van der Waals surface area (Å²) in [6.07, 6.45) is -2.75. The number of carbonyl (C=O) groups excluding carboxylic acids is 1. The number of amides is 1. The van der Waals surface area contributed by atoms with Gasteiger partial charge in [0.2, 0.25) is 0 Å². The molecule has 1 amide bonds. The summed E-state index contributed by atoms with van der Waals surface area (Å²) >= 11 is 6.07. The first-order valence-corrected chi connectivity index (χ1v) is 11.7. The lowest BCUT2D eigenvalue weighted by Gasteiger charge is -2.17. The number of hydrogen-bond donors (Lipinski definition) is 1. The fraction of sp³-hybridized carbons (Fsp3) is 0.160. The molecule has 41 heavy (non-hydrogen) atoms. The van der Waals surface area contributed by atoms with E-state index in [0.29, 0.717) is 0 Å². The van der Waals surface area contributed by atoms with Crippen molar-refractivity contribution >= 4 is 29.2 Å². The molecule has 1 N–H and O–H groups in total. The molecule has 0 spiro atoms. The van der Waals surface area contributed by atoms with Crippen molar-refractivity contribution in [3.8, 4) is 17.4 Å². The molecule has 0 fully saturated rings. The highest BCUT2D eigenvalue weighted by atomic mass is 35.5. The third-order valence-electron chi connectivity index (χ3n) is 5.50. The van der Waals surface area contributed by atoms with E-state index in [-0.39, 0.29) is 33.9 Å². The van der Waals surface area contributed by atoms with E-state index < -0.39 is 48.0 Å². The average molecular weight is 598 g/mol. The van der Waals surface area contributed by atoms with Crippen molar-refractivity contribution in [1.82, 2.24) is 19.7 Å². The maximum Gasteiger partial charge on any atom is 0.436 e. The molecule has 0 radical (unpaired) electrons. The zero-order chi connectivity index (χ0) is 29.9. The van der Waals surface area contributed by atoms with Gasteiger partial charge in [0.1, 0.15) is 18.1 Å². The average Bonchev–Trinajstić information content (AvgIpc) is 3.28. The Balaban J connectivity index is 1.63. The maximum atomic E-state index is 13.7. The normalized spacial score (nSPS) is 11.4. The van der Waals surface area contributed by atoms with Crippen molar-refractivity contribution in [3.05, 3.63) is 88.5 Å². The summed E-state index contributed by atoms with van der Waals surface area (Å²) in [7, 11) is 1.35. The van der Waals surface area contributed by atoms with Crippen LogP contribution in [0.3, 0.4) is 0 Å². The Morgan fingerprint density at radius 3 is 2.32 bits per heavy atom. The molecule has 2 heterocycles. The first-order chi connectivity index (χ1) is 19.3. The Hall–Kier alpha value is -4.79. The molecule has 0 aliphatic carbocycles. The van der Waals surface area contributed by atoms with Crippen molar-refractivity contribution in [1.29, 1.82) is 0 Å². The number of aromatic carboxylic acids is 1. The molecule has 2 aromatic heterocycles. The van der Waals surface area contributed by atoms with Crippen LogP contribution in [-0.2, 0) is 12.8 Å². The largest absolute Gasteiger partial charge is 0.487 e. The molecule has 4 aromatic rings. The standard InChI is InChI=1S/C25H17ClF5N5O5/c1-35(16-10-32-24(33-11-16)41-23(27)28)21(37)14-3-2-4-15(9-14)36-18(19(26)20(34-36)25(29,30)31)12-40-17-7-5-13(6-8-17)22(38)39/h2-11,23H,12H2,1H3,(H,38,39). The van der Waals surface area contributed by atoms with Crippen LogP contribution in [0.2, 0.25) is 5.02 Å². The van der Waals surface area contributed by atoms with Gasteiger partial charge in [0.25, 0.3) is 5.91 Å². The summed E-state index contributed by atoms with van der Waals surface area (Å²) in [5.74, 6) is -1.65. The lowest BCUT2D eigenvalue weighted by atomic mass is 10.1. The number of carbonyl (C=O) groups is 2. The number of aromatic nitrogens is 4. The number of anilines is 1. The molecule has 0 atom stereocenters. The van der Waals surface area contributed by atoms with Crippen molar-refractivity contribution in [2.75, 3.05) is 11.9 Å². The van der Waals surface area contributed by atoms with Crippen LogP contribution < -0.4 is 14.4 Å². The molecule has 0 unspecified atom stereocenters. The summed E-state index contributed by atoms with van der Waals surface area (Å²) in [5.41, 5.74) is -1.41. The fourth-order valence-electron chi connectivity index (χ4n) is 3.50. The Morgan fingerprint density at radius 1 is 1.07 bits per heavy atom. The van der Waals surface area contributed by atoms with Gasteiger partial charge in [0.05, 0.1) is 34.4 Å². The van der Waals surface area contributed by atoms with E-state index in [1.807, 2.05) is 0 Å². The highest BCUT2D eigenvalue weighted by Crippen LogP contribution is 2.37. The SMILES string of the molecule is CN(C(=O)c1cccc(-n2nc(C(F)(F)F)c(Cl)c2COc2ccc(C(=O)O)cc2)c1)c1cnc(OC(F)F)nc1. The van der Waals surface area contributed by atoms with Gasteiger partial charge in [-0.25, -0.2) is 19.4 Å². The molecule has 4 rings (SSSR count). The highest BCUT2D eigenvalue weighted by Gasteiger charge is 2.39. The van der Waals surface area contributed by atoms with E-state index in [0.717, 1.165) is 22.0 Å². The lowest BCUT2D eigenvalue weighted by molar-refractivity contribution is -0.141. The predicted molar refractivity (Wildman–Crippen MR) is 133 cm³/mol. The molecule has 10 nitrogen and oxygen atoms in total. The molecule has 16 heteroatoms. The molecule has 0 aliphatic heterocycles. The van der Waals surface area contributed by atoms with Crippen LogP contribution in [0, 0.1) is 0 Å². The Kier molecular flexibility index (Phi) is 8.37. The van der Waals surface area contributed by atoms with Gasteiger partial charge in [-0.3, -0.25) is 4.79 Å². The van der Waals surface area contributed by atoms with E-state index in [1.54, 1.807) is 0 Å². The zero-order valence-electron chi connectivity index (χ0n) is 20.6. The van der Waals surface area contributed by atoms with E-state index in [9.17, 15) is 31.5 Å². The Morgan fingerprint density at radius 2 is 1.73 bits per heavy atom. The van der Waals surface area contributed by atoms with Crippen LogP contribution in [0.5, 0.6) is 11.8 Å². The molecule has 0 bridgehead atoms. The number of hydrogen-bond acceptors (Lipinski definition) is 7. The monoisotopic (exact) mass is 597 g/mol. The summed E-state index contributed by atoms with van der Waals surface area (Å²) in [6, 6.07) is 10.0. The molecular formula is C25H17ClF5N5O5. The van der Waals surface area contributed by atoms with Crippen LogP contribution in [0.25, 0.3) is 5.69 Å². The third kappa shape index (κ3) is 6.69. The van der Waals surface area contributed by atoms with E-state index in [4.69, 9.17) is 21.4 Å². The quantitative estimate of drug-likeness (QED) is 0.252. The van der Waals surface area contributed by atoms with Crippen molar-refractivity contribution in [2.45, 2.75) is 19.4 Å². The zero-order valence-corrected chi connectivity index (χ0v) is 21.4. The van der Waals surface area contributed by atoms with E-state index in [2.05, 4.69) is 19.8 Å². The first-order valence-electron chi connectivity index (χ1n) is 11.3. The second kappa shape index (κ2) is 11.8. The first kappa shape index (κ1) is 29.2. The molecule has 2 aromatic carbocycles. The summed E-state index contributed by atoms with van der Waals surface area (Å²) in [6.45, 7) is -3.62. The van der Waals surface area contributed by atoms with Gasteiger partial charge in [-0.2, -0.15) is 27.1 Å². The lowest BCUT2D eigenvalue weighted by Crippen LogP contribution is -2.26. The second-order valence-corrected chi connectivity index (χ2v) is 8.53. The molecule has 0 saturated carbocycles. The van der Waals surface area contributed by atoms with Crippen LogP contribution in [0.4, 0.5) is 27.6 Å². The number of rotatable bonds is 9. The van der Waals surface area contributed by atoms with Crippen molar-refractivity contribution in [3.63, 3.8) is 0 Å². The van der Waals surface area contributed by atoms with E-state index in [1.165, 1.54) is 55.6 Å². The molecule has 0 aliphatic rings. The minimum atomic E-state index is -4.91. The van der Waals surface area contributed by atoms with Crippen LogP contribution in [-0.4, -0.2) is 50.4 Å². The highest BCUT2D eigenvalue weighted by molar-refractivity contribution is 6.32. The van der Waals surface area contributed by atoms with Crippen LogP contribution >= 0.6 is 11.6 Å². The Labute approximate surface area is 232 Å². The third-order valence-corrected chi connectivity index (χ3v) is 5.90. The van der Waals surface area contributed by atoms with Gasteiger partial charge in [-0.05, 0) is 42.5 Å². The van der Waals surface area contributed by atoms with Gasteiger partial charge in [0, 0.05) is 12.6 Å². The van der Waals surface area contributed by atoms with Gasteiger partial charge in [-0.15, -0.1) is 0 Å². The summed E-state index contributed by atoms with van der Waals surface area (Å²) < 4.78 is 76.2. The van der Waals surface area contributed by atoms with Crippen molar-refractivity contribution < 1.29 is 46.1 Å². The van der Waals surface area contributed by atoms with E-state index >= 15 is 0 Å². The smallest absolute Gasteiger partial charge is 0.436 e. The number of nitrogens with zero attached hydrogens (tertiary/aromatic N) is 5. The van der Waals surface area contributed by atoms with Crippen LogP contribution in [0.15, 0.2) is 60.9 Å². The number of ether oxygens (including phenoxy) is 2. The minimum absolute atomic E-state index is 0.0183. The fourth-order valence-corrected chi connectivity index (χ4v) is 3.78. The number of carboxylic acid groups (broad SMARTS) is 1. The van der Waals surface area contributed by atoms with Gasteiger partial charge >= 0.3 is 24.8 Å². The number of carboxylic acids is 1.